The van der Waals surface area contributed by atoms with Crippen molar-refractivity contribution < 1.29 is 4.74 Å². The van der Waals surface area contributed by atoms with Crippen molar-refractivity contribution in [2.75, 3.05) is 5.32 Å². The van der Waals surface area contributed by atoms with E-state index in [1.165, 1.54) is 0 Å². The number of anilines is 2. The highest BCUT2D eigenvalue weighted by Gasteiger charge is 2.06. The fourth-order valence-electron chi connectivity index (χ4n) is 1.86. The summed E-state index contributed by atoms with van der Waals surface area (Å²) in [5.74, 6) is 0.977. The number of hydrogen-bond acceptors (Lipinski definition) is 5. The van der Waals surface area contributed by atoms with Crippen molar-refractivity contribution in [3.05, 3.63) is 70.7 Å². The van der Waals surface area contributed by atoms with E-state index in [2.05, 4.69) is 20.3 Å². The van der Waals surface area contributed by atoms with Crippen molar-refractivity contribution in [2.24, 2.45) is 0 Å². The summed E-state index contributed by atoms with van der Waals surface area (Å²) in [4.78, 5) is 12.3. The molecule has 2 aromatic heterocycles. The first-order valence-corrected chi connectivity index (χ1v) is 7.54. The Hall–Kier alpha value is -2.37. The van der Waals surface area contributed by atoms with Crippen molar-refractivity contribution in [3.63, 3.8) is 0 Å². The van der Waals surface area contributed by atoms with Crippen LogP contribution in [0.1, 0.15) is 5.69 Å². The Bertz CT molecular complexity index is 799. The van der Waals surface area contributed by atoms with Gasteiger partial charge in [0.15, 0.2) is 0 Å². The summed E-state index contributed by atoms with van der Waals surface area (Å²) in [6.07, 6.45) is 3.29. The Balaban J connectivity index is 1.68. The molecule has 0 atom stereocenters. The van der Waals surface area contributed by atoms with Gasteiger partial charge in [-0.15, -0.1) is 0 Å². The molecule has 5 nitrogen and oxygen atoms in total. The molecule has 0 spiro atoms. The van der Waals surface area contributed by atoms with Crippen LogP contribution in [0.4, 0.5) is 11.6 Å². The zero-order chi connectivity index (χ0) is 16.1. The molecule has 0 aliphatic carbocycles. The molecule has 23 heavy (non-hydrogen) atoms. The minimum absolute atomic E-state index is 0.352. The minimum atomic E-state index is 0.352. The normalized spacial score (nSPS) is 10.3. The highest BCUT2D eigenvalue weighted by Crippen LogP contribution is 2.29. The quantitative estimate of drug-likeness (QED) is 0.689. The van der Waals surface area contributed by atoms with Crippen LogP contribution in [0.15, 0.2) is 54.9 Å². The van der Waals surface area contributed by atoms with Crippen molar-refractivity contribution in [1.82, 2.24) is 15.0 Å². The first-order valence-electron chi connectivity index (χ1n) is 6.78. The highest BCUT2D eigenvalue weighted by atomic mass is 35.5. The van der Waals surface area contributed by atoms with E-state index in [1.54, 1.807) is 30.6 Å². The molecule has 1 aromatic carbocycles. The molecule has 3 aromatic rings. The van der Waals surface area contributed by atoms with Gasteiger partial charge in [0.05, 0.1) is 10.7 Å². The van der Waals surface area contributed by atoms with Crippen molar-refractivity contribution in [1.29, 1.82) is 0 Å². The lowest BCUT2D eigenvalue weighted by atomic mass is 10.3. The molecule has 0 fully saturated rings. The number of nitrogens with one attached hydrogen (secondary N) is 1. The monoisotopic (exact) mass is 346 g/mol. The third-order valence-corrected chi connectivity index (χ3v) is 3.42. The zero-order valence-electron chi connectivity index (χ0n) is 11.9. The summed E-state index contributed by atoms with van der Waals surface area (Å²) in [5.41, 5.74) is 1.57. The van der Waals surface area contributed by atoms with Crippen LogP contribution < -0.4 is 10.1 Å². The topological polar surface area (TPSA) is 59.9 Å². The van der Waals surface area contributed by atoms with Gasteiger partial charge in [-0.3, -0.25) is 4.98 Å². The lowest BCUT2D eigenvalue weighted by Gasteiger charge is -2.10. The summed E-state index contributed by atoms with van der Waals surface area (Å²) in [7, 11) is 0. The Morgan fingerprint density at radius 1 is 1.00 bits per heavy atom. The van der Waals surface area contributed by atoms with Crippen LogP contribution in [-0.2, 0) is 6.61 Å². The van der Waals surface area contributed by atoms with Crippen molar-refractivity contribution in [2.45, 2.75) is 6.61 Å². The average Bonchev–Trinajstić information content (AvgIpc) is 2.55. The van der Waals surface area contributed by atoms with Crippen LogP contribution in [0, 0.1) is 0 Å². The van der Waals surface area contributed by atoms with Gasteiger partial charge in [-0.1, -0.05) is 29.3 Å². The van der Waals surface area contributed by atoms with Crippen LogP contribution in [-0.4, -0.2) is 15.0 Å². The first-order chi connectivity index (χ1) is 11.2. The maximum absolute atomic E-state index is 6.24. The number of aromatic nitrogens is 3. The Morgan fingerprint density at radius 2 is 1.91 bits per heavy atom. The number of ether oxygens (including phenoxy) is 1. The molecular formula is C16H12Cl2N4O. The predicted octanol–water partition coefficient (Wildman–Crippen LogP) is 4.50. The average molecular weight is 347 g/mol. The Labute approximate surface area is 143 Å². The lowest BCUT2D eigenvalue weighted by Crippen LogP contribution is -1.99. The minimum Gasteiger partial charge on any atom is -0.486 e. The van der Waals surface area contributed by atoms with Gasteiger partial charge in [0, 0.05) is 18.1 Å². The van der Waals surface area contributed by atoms with Gasteiger partial charge in [0.25, 0.3) is 0 Å². The second kappa shape index (κ2) is 7.26. The summed E-state index contributed by atoms with van der Waals surface area (Å²) in [6.45, 7) is 0.352. The SMILES string of the molecule is Clc1ccnc(Nc2ccc(OCc3ccccn3)c(Cl)c2)n1. The second-order valence-electron chi connectivity index (χ2n) is 4.58. The number of rotatable bonds is 5. The van der Waals surface area contributed by atoms with E-state index < -0.39 is 0 Å². The third-order valence-electron chi connectivity index (χ3n) is 2.91. The molecule has 2 heterocycles. The number of halogens is 2. The molecule has 0 aliphatic heterocycles. The standard InChI is InChI=1S/C16H12Cl2N4O/c17-13-9-11(21-16-20-8-6-15(18)22-16)4-5-14(13)23-10-12-3-1-2-7-19-12/h1-9H,10H2,(H,20,21,22). The summed E-state index contributed by atoms with van der Waals surface area (Å²) >= 11 is 12.1. The third kappa shape index (κ3) is 4.31. The van der Waals surface area contributed by atoms with Crippen LogP contribution in [0.3, 0.4) is 0 Å². The number of pyridine rings is 1. The van der Waals surface area contributed by atoms with Gasteiger partial charge in [0.2, 0.25) is 5.95 Å². The van der Waals surface area contributed by atoms with E-state index in [-0.39, 0.29) is 0 Å². The van der Waals surface area contributed by atoms with E-state index in [1.807, 2.05) is 24.3 Å². The van der Waals surface area contributed by atoms with Crippen LogP contribution >= 0.6 is 23.2 Å². The molecule has 0 unspecified atom stereocenters. The lowest BCUT2D eigenvalue weighted by molar-refractivity contribution is 0.301. The smallest absolute Gasteiger partial charge is 0.228 e. The Morgan fingerprint density at radius 3 is 2.65 bits per heavy atom. The highest BCUT2D eigenvalue weighted by molar-refractivity contribution is 6.32. The number of benzene rings is 1. The second-order valence-corrected chi connectivity index (χ2v) is 5.38. The van der Waals surface area contributed by atoms with Crippen molar-refractivity contribution >= 4 is 34.8 Å². The molecule has 0 aliphatic rings. The molecule has 1 N–H and O–H groups in total. The van der Waals surface area contributed by atoms with Crippen LogP contribution in [0.2, 0.25) is 10.2 Å². The van der Waals surface area contributed by atoms with Crippen molar-refractivity contribution in [3.8, 4) is 5.75 Å². The maximum atomic E-state index is 6.24. The molecular weight excluding hydrogens is 335 g/mol. The molecule has 0 radical (unpaired) electrons. The van der Waals surface area contributed by atoms with E-state index in [0.717, 1.165) is 11.4 Å². The van der Waals surface area contributed by atoms with Gasteiger partial charge in [-0.05, 0) is 36.4 Å². The molecule has 0 bridgehead atoms. The van der Waals surface area contributed by atoms with Gasteiger partial charge < -0.3 is 10.1 Å². The first kappa shape index (κ1) is 15.5. The van der Waals surface area contributed by atoms with E-state index in [9.17, 15) is 0 Å². The van der Waals surface area contributed by atoms with Crippen LogP contribution in [0.5, 0.6) is 5.75 Å². The predicted molar refractivity (Wildman–Crippen MR) is 90.3 cm³/mol. The van der Waals surface area contributed by atoms with Gasteiger partial charge in [-0.2, -0.15) is 0 Å². The molecule has 3 rings (SSSR count). The number of hydrogen-bond donors (Lipinski definition) is 1. The molecule has 116 valence electrons. The number of nitrogens with zero attached hydrogens (tertiary/aromatic N) is 3. The summed E-state index contributed by atoms with van der Waals surface area (Å²) < 4.78 is 5.67. The Kier molecular flexibility index (Phi) is 4.90. The molecule has 0 amide bonds. The van der Waals surface area contributed by atoms with Gasteiger partial charge >= 0.3 is 0 Å². The van der Waals surface area contributed by atoms with E-state index >= 15 is 0 Å². The summed E-state index contributed by atoms with van der Waals surface area (Å²) in [5, 5.41) is 3.87. The zero-order valence-corrected chi connectivity index (χ0v) is 13.4. The largest absolute Gasteiger partial charge is 0.486 e. The van der Waals surface area contributed by atoms with E-state index in [0.29, 0.717) is 28.5 Å². The fraction of sp³-hybridized carbons (Fsp3) is 0.0625. The van der Waals surface area contributed by atoms with Crippen LogP contribution in [0.25, 0.3) is 0 Å². The fourth-order valence-corrected chi connectivity index (χ4v) is 2.23. The van der Waals surface area contributed by atoms with E-state index in [4.69, 9.17) is 27.9 Å². The molecule has 0 saturated carbocycles. The molecule has 0 saturated heterocycles. The van der Waals surface area contributed by atoms with Gasteiger partial charge in [-0.25, -0.2) is 9.97 Å². The maximum Gasteiger partial charge on any atom is 0.228 e. The molecule has 7 heteroatoms. The van der Waals surface area contributed by atoms with Gasteiger partial charge in [0.1, 0.15) is 17.5 Å². The summed E-state index contributed by atoms with van der Waals surface area (Å²) in [6, 6.07) is 12.6.